The SMILES string of the molecule is CCCC(CCNc1nnccc1C#N)CCC(=O)O. The summed E-state index contributed by atoms with van der Waals surface area (Å²) in [5.41, 5.74) is 0.470. The second-order valence-corrected chi connectivity index (χ2v) is 4.71. The molecule has 0 fully saturated rings. The normalized spacial score (nSPS) is 11.6. The smallest absolute Gasteiger partial charge is 0.303 e. The molecule has 0 saturated carbocycles. The van der Waals surface area contributed by atoms with Crippen LogP contribution in [0.2, 0.25) is 0 Å². The van der Waals surface area contributed by atoms with Crippen molar-refractivity contribution in [2.45, 2.75) is 39.0 Å². The van der Waals surface area contributed by atoms with E-state index < -0.39 is 5.97 Å². The van der Waals surface area contributed by atoms with Gasteiger partial charge in [0.05, 0.1) is 11.8 Å². The predicted octanol–water partition coefficient (Wildman–Crippen LogP) is 2.43. The summed E-state index contributed by atoms with van der Waals surface area (Å²) in [6, 6.07) is 3.67. The molecule has 0 radical (unpaired) electrons. The molecule has 1 aromatic rings. The zero-order valence-corrected chi connectivity index (χ0v) is 11.7. The molecule has 1 heterocycles. The molecule has 0 aliphatic rings. The van der Waals surface area contributed by atoms with Gasteiger partial charge in [-0.3, -0.25) is 4.79 Å². The molecule has 2 N–H and O–H groups in total. The van der Waals surface area contributed by atoms with Crippen LogP contribution in [0.4, 0.5) is 5.82 Å². The van der Waals surface area contributed by atoms with Gasteiger partial charge in [0, 0.05) is 13.0 Å². The molecule has 1 aromatic heterocycles. The third-order valence-corrected chi connectivity index (χ3v) is 3.15. The Morgan fingerprint density at radius 1 is 1.50 bits per heavy atom. The van der Waals surface area contributed by atoms with E-state index in [-0.39, 0.29) is 6.42 Å². The largest absolute Gasteiger partial charge is 0.481 e. The number of hydrogen-bond donors (Lipinski definition) is 2. The molecule has 6 nitrogen and oxygen atoms in total. The number of carboxylic acids is 1. The Hall–Kier alpha value is -2.16. The van der Waals surface area contributed by atoms with Crippen LogP contribution < -0.4 is 5.32 Å². The van der Waals surface area contributed by atoms with E-state index in [0.29, 0.717) is 30.3 Å². The van der Waals surface area contributed by atoms with Crippen LogP contribution in [0.25, 0.3) is 0 Å². The maximum atomic E-state index is 10.6. The highest BCUT2D eigenvalue weighted by Crippen LogP contribution is 2.18. The molecule has 0 saturated heterocycles. The number of hydrogen-bond acceptors (Lipinski definition) is 5. The topological polar surface area (TPSA) is 98.9 Å². The summed E-state index contributed by atoms with van der Waals surface area (Å²) in [6.45, 7) is 2.76. The molecule has 0 aromatic carbocycles. The number of nitriles is 1. The minimum Gasteiger partial charge on any atom is -0.481 e. The molecule has 0 spiro atoms. The Kier molecular flexibility index (Phi) is 7.04. The van der Waals surface area contributed by atoms with Crippen molar-refractivity contribution in [1.82, 2.24) is 10.2 Å². The average Bonchev–Trinajstić information content (AvgIpc) is 2.45. The lowest BCUT2D eigenvalue weighted by molar-refractivity contribution is -0.137. The average molecular weight is 276 g/mol. The molecular formula is C14H20N4O2. The van der Waals surface area contributed by atoms with Gasteiger partial charge in [-0.25, -0.2) is 0 Å². The summed E-state index contributed by atoms with van der Waals surface area (Å²) in [5.74, 6) is 0.119. The zero-order valence-electron chi connectivity index (χ0n) is 11.7. The summed E-state index contributed by atoms with van der Waals surface area (Å²) in [4.78, 5) is 10.6. The van der Waals surface area contributed by atoms with Crippen LogP contribution in [0, 0.1) is 17.2 Å². The predicted molar refractivity (Wildman–Crippen MR) is 75.1 cm³/mol. The lowest BCUT2D eigenvalue weighted by Crippen LogP contribution is -2.12. The van der Waals surface area contributed by atoms with Gasteiger partial charge in [0.25, 0.3) is 0 Å². The van der Waals surface area contributed by atoms with Crippen molar-refractivity contribution in [2.75, 3.05) is 11.9 Å². The standard InChI is InChI=1S/C14H20N4O2/c1-2-3-11(4-5-13(19)20)6-8-16-14-12(10-15)7-9-17-18-14/h7,9,11H,2-6,8H2,1H3,(H,16,18)(H,19,20). The van der Waals surface area contributed by atoms with Gasteiger partial charge >= 0.3 is 5.97 Å². The van der Waals surface area contributed by atoms with E-state index in [1.807, 2.05) is 0 Å². The van der Waals surface area contributed by atoms with Crippen molar-refractivity contribution >= 4 is 11.8 Å². The quantitative estimate of drug-likeness (QED) is 0.718. The van der Waals surface area contributed by atoms with Gasteiger partial charge in [0.15, 0.2) is 5.82 Å². The first-order valence-corrected chi connectivity index (χ1v) is 6.84. The first-order chi connectivity index (χ1) is 9.67. The second kappa shape index (κ2) is 8.86. The lowest BCUT2D eigenvalue weighted by Gasteiger charge is -2.15. The van der Waals surface area contributed by atoms with E-state index in [1.54, 1.807) is 6.07 Å². The molecule has 20 heavy (non-hydrogen) atoms. The number of carboxylic acid groups (broad SMARTS) is 1. The first-order valence-electron chi connectivity index (χ1n) is 6.84. The minimum absolute atomic E-state index is 0.208. The third-order valence-electron chi connectivity index (χ3n) is 3.15. The minimum atomic E-state index is -0.750. The molecule has 1 atom stereocenters. The Morgan fingerprint density at radius 3 is 2.95 bits per heavy atom. The fourth-order valence-corrected chi connectivity index (χ4v) is 2.12. The van der Waals surface area contributed by atoms with E-state index in [1.165, 1.54) is 6.20 Å². The molecule has 1 unspecified atom stereocenters. The van der Waals surface area contributed by atoms with Gasteiger partial charge < -0.3 is 10.4 Å². The highest BCUT2D eigenvalue weighted by molar-refractivity contribution is 5.66. The number of aromatic nitrogens is 2. The third kappa shape index (κ3) is 5.65. The van der Waals surface area contributed by atoms with Crippen LogP contribution in [0.5, 0.6) is 0 Å². The molecule has 108 valence electrons. The maximum Gasteiger partial charge on any atom is 0.303 e. The van der Waals surface area contributed by atoms with Crippen LogP contribution in [0.3, 0.4) is 0 Å². The monoisotopic (exact) mass is 276 g/mol. The number of rotatable bonds is 9. The first kappa shape index (κ1) is 15.9. The van der Waals surface area contributed by atoms with Crippen molar-refractivity contribution in [2.24, 2.45) is 5.92 Å². The highest BCUT2D eigenvalue weighted by Gasteiger charge is 2.11. The molecule has 6 heteroatoms. The van der Waals surface area contributed by atoms with Crippen LogP contribution in [0.1, 0.15) is 44.6 Å². The van der Waals surface area contributed by atoms with Gasteiger partial charge in [-0.05, 0) is 24.8 Å². The van der Waals surface area contributed by atoms with Crippen LogP contribution >= 0.6 is 0 Å². The summed E-state index contributed by atoms with van der Waals surface area (Å²) in [7, 11) is 0. The van der Waals surface area contributed by atoms with Gasteiger partial charge in [-0.2, -0.15) is 10.4 Å². The molecular weight excluding hydrogens is 256 g/mol. The number of nitrogens with zero attached hydrogens (tertiary/aromatic N) is 3. The molecule has 0 amide bonds. The molecule has 0 aliphatic carbocycles. The summed E-state index contributed by atoms with van der Waals surface area (Å²) in [6.07, 6.45) is 5.30. The molecule has 0 bridgehead atoms. The van der Waals surface area contributed by atoms with E-state index in [2.05, 4.69) is 28.5 Å². The van der Waals surface area contributed by atoms with Crippen molar-refractivity contribution in [3.63, 3.8) is 0 Å². The van der Waals surface area contributed by atoms with E-state index >= 15 is 0 Å². The number of anilines is 1. The van der Waals surface area contributed by atoms with Crippen molar-refractivity contribution < 1.29 is 9.90 Å². The highest BCUT2D eigenvalue weighted by atomic mass is 16.4. The fraction of sp³-hybridized carbons (Fsp3) is 0.571. The summed E-state index contributed by atoms with van der Waals surface area (Å²) < 4.78 is 0. The van der Waals surface area contributed by atoms with Crippen molar-refractivity contribution in [1.29, 1.82) is 5.26 Å². The Morgan fingerprint density at radius 2 is 2.30 bits per heavy atom. The fourth-order valence-electron chi connectivity index (χ4n) is 2.12. The number of aliphatic carboxylic acids is 1. The molecule has 0 aliphatic heterocycles. The van der Waals surface area contributed by atoms with E-state index in [0.717, 1.165) is 19.3 Å². The maximum absolute atomic E-state index is 10.6. The zero-order chi connectivity index (χ0) is 14.8. The van der Waals surface area contributed by atoms with Gasteiger partial charge in [-0.15, -0.1) is 5.10 Å². The van der Waals surface area contributed by atoms with E-state index in [9.17, 15) is 4.79 Å². The Balaban J connectivity index is 2.43. The van der Waals surface area contributed by atoms with Crippen molar-refractivity contribution in [3.8, 4) is 6.07 Å². The summed E-state index contributed by atoms with van der Waals surface area (Å²) >= 11 is 0. The lowest BCUT2D eigenvalue weighted by atomic mass is 9.94. The summed E-state index contributed by atoms with van der Waals surface area (Å²) in [5, 5.41) is 28.4. The van der Waals surface area contributed by atoms with Gasteiger partial charge in [-0.1, -0.05) is 19.8 Å². The van der Waals surface area contributed by atoms with Crippen molar-refractivity contribution in [3.05, 3.63) is 17.8 Å². The Bertz CT molecular complexity index is 470. The second-order valence-electron chi connectivity index (χ2n) is 4.71. The molecule has 1 rings (SSSR count). The number of carbonyl (C=O) groups is 1. The van der Waals surface area contributed by atoms with Crippen LogP contribution in [-0.4, -0.2) is 27.8 Å². The van der Waals surface area contributed by atoms with Crippen LogP contribution in [0.15, 0.2) is 12.3 Å². The van der Waals surface area contributed by atoms with Gasteiger partial charge in [0.1, 0.15) is 6.07 Å². The van der Waals surface area contributed by atoms with Gasteiger partial charge in [0.2, 0.25) is 0 Å². The number of nitrogens with one attached hydrogen (secondary N) is 1. The van der Waals surface area contributed by atoms with Crippen LogP contribution in [-0.2, 0) is 4.79 Å². The Labute approximate surface area is 118 Å². The van der Waals surface area contributed by atoms with E-state index in [4.69, 9.17) is 10.4 Å².